The summed E-state index contributed by atoms with van der Waals surface area (Å²) >= 11 is 4.19. The van der Waals surface area contributed by atoms with E-state index in [9.17, 15) is 24.3 Å². The highest BCUT2D eigenvalue weighted by molar-refractivity contribution is 7.80. The number of thiol groups is 1. The zero-order valence-corrected chi connectivity index (χ0v) is 22.7. The average Bonchev–Trinajstić information content (AvgIpc) is 3.59. The Bertz CT molecular complexity index is 1280. The van der Waals surface area contributed by atoms with Gasteiger partial charge in [-0.2, -0.15) is 12.6 Å². The van der Waals surface area contributed by atoms with Crippen LogP contribution >= 0.6 is 12.6 Å². The van der Waals surface area contributed by atoms with E-state index in [1.807, 2.05) is 38.1 Å². The van der Waals surface area contributed by atoms with Crippen molar-refractivity contribution < 1.29 is 24.3 Å². The number of carbonyl (C=O) groups excluding carboxylic acids is 3. The first-order valence-electron chi connectivity index (χ1n) is 12.7. The largest absolute Gasteiger partial charge is 0.480 e. The number of carboxylic acid groups (broad SMARTS) is 1. The SMILES string of the molecule is CCC(C)C(N)C(=O)NC(Cc1c[nH]c2ccccc12)C(=O)NC(CS)C(=O)NC(Cc1cnc[nH]1)C(=O)O. The molecule has 3 rings (SSSR count). The Morgan fingerprint density at radius 3 is 2.31 bits per heavy atom. The molecule has 2 heterocycles. The number of aromatic amines is 2. The zero-order valence-electron chi connectivity index (χ0n) is 21.8. The van der Waals surface area contributed by atoms with Crippen LogP contribution in [0.4, 0.5) is 0 Å². The number of carbonyl (C=O) groups is 4. The Labute approximate surface area is 231 Å². The first kappa shape index (κ1) is 29.7. The Kier molecular flexibility index (Phi) is 10.5. The van der Waals surface area contributed by atoms with Crippen molar-refractivity contribution in [2.75, 3.05) is 5.75 Å². The Balaban J connectivity index is 1.77. The monoisotopic (exact) mass is 557 g/mol. The fourth-order valence-corrected chi connectivity index (χ4v) is 4.32. The van der Waals surface area contributed by atoms with Crippen LogP contribution in [0.2, 0.25) is 0 Å². The third kappa shape index (κ3) is 7.83. The Morgan fingerprint density at radius 1 is 1.00 bits per heavy atom. The fourth-order valence-electron chi connectivity index (χ4n) is 4.07. The standard InChI is InChI=1S/C26H35N7O5S/c1-3-14(2)22(27)25(36)31-19(8-15-10-29-18-7-5-4-6-17(15)18)23(34)33-21(12-39)24(35)32-20(26(37)38)9-16-11-28-13-30-16/h4-7,10-11,13-14,19-22,29,39H,3,8-9,12,27H2,1-2H3,(H,28,30)(H,31,36)(H,32,35)(H,33,34)(H,37,38). The van der Waals surface area contributed by atoms with Crippen LogP contribution in [0.25, 0.3) is 10.9 Å². The molecule has 0 bridgehead atoms. The van der Waals surface area contributed by atoms with Crippen molar-refractivity contribution in [3.63, 3.8) is 0 Å². The minimum Gasteiger partial charge on any atom is -0.480 e. The van der Waals surface area contributed by atoms with Gasteiger partial charge in [0.1, 0.15) is 18.1 Å². The Hall–Kier alpha value is -3.84. The van der Waals surface area contributed by atoms with Gasteiger partial charge < -0.3 is 36.8 Å². The number of rotatable bonds is 14. The lowest BCUT2D eigenvalue weighted by atomic mass is 9.98. The molecule has 0 aliphatic heterocycles. The van der Waals surface area contributed by atoms with Crippen LogP contribution in [-0.4, -0.2) is 73.7 Å². The second-order valence-corrected chi connectivity index (χ2v) is 9.83. The van der Waals surface area contributed by atoms with Crippen LogP contribution in [0.1, 0.15) is 31.5 Å². The van der Waals surface area contributed by atoms with E-state index in [-0.39, 0.29) is 24.5 Å². The zero-order chi connectivity index (χ0) is 28.5. The summed E-state index contributed by atoms with van der Waals surface area (Å²) in [6.07, 6.45) is 5.42. The molecule has 5 unspecified atom stereocenters. The topological polar surface area (TPSA) is 195 Å². The van der Waals surface area contributed by atoms with Gasteiger partial charge in [-0.15, -0.1) is 0 Å². The normalized spacial score (nSPS) is 15.1. The molecule has 3 aromatic rings. The molecule has 8 N–H and O–H groups in total. The van der Waals surface area contributed by atoms with E-state index < -0.39 is 47.9 Å². The lowest BCUT2D eigenvalue weighted by molar-refractivity contribution is -0.142. The minimum absolute atomic E-state index is 0.0267. The van der Waals surface area contributed by atoms with E-state index in [0.29, 0.717) is 12.1 Å². The number of carboxylic acids is 1. The highest BCUT2D eigenvalue weighted by Gasteiger charge is 2.31. The molecule has 0 saturated carbocycles. The molecule has 2 aromatic heterocycles. The number of nitrogens with zero attached hydrogens (tertiary/aromatic N) is 1. The molecule has 0 aliphatic carbocycles. The summed E-state index contributed by atoms with van der Waals surface area (Å²) in [7, 11) is 0. The molecule has 3 amide bonds. The van der Waals surface area contributed by atoms with E-state index in [1.165, 1.54) is 12.5 Å². The summed E-state index contributed by atoms with van der Waals surface area (Å²) in [5.74, 6) is -3.29. The number of hydrogen-bond donors (Lipinski definition) is 8. The smallest absolute Gasteiger partial charge is 0.326 e. The van der Waals surface area contributed by atoms with E-state index in [2.05, 4.69) is 43.5 Å². The van der Waals surface area contributed by atoms with Gasteiger partial charge in [0.15, 0.2) is 0 Å². The fraction of sp³-hybridized carbons (Fsp3) is 0.423. The number of nitrogens with two attached hydrogens (primary N) is 1. The number of nitrogens with one attached hydrogen (secondary N) is 5. The van der Waals surface area contributed by atoms with Crippen molar-refractivity contribution >= 4 is 47.2 Å². The molecule has 13 heteroatoms. The van der Waals surface area contributed by atoms with Crippen molar-refractivity contribution in [3.05, 3.63) is 54.2 Å². The number of imidazole rings is 1. The molecule has 0 aliphatic rings. The van der Waals surface area contributed by atoms with E-state index in [0.717, 1.165) is 16.5 Å². The molecule has 0 spiro atoms. The van der Waals surface area contributed by atoms with Crippen molar-refractivity contribution in [1.29, 1.82) is 0 Å². The maximum absolute atomic E-state index is 13.4. The van der Waals surface area contributed by atoms with Gasteiger partial charge in [-0.25, -0.2) is 9.78 Å². The van der Waals surface area contributed by atoms with Gasteiger partial charge in [-0.3, -0.25) is 14.4 Å². The molecule has 1 aromatic carbocycles. The first-order chi connectivity index (χ1) is 18.6. The molecular formula is C26H35N7O5S. The third-order valence-corrected chi connectivity index (χ3v) is 7.07. The summed E-state index contributed by atoms with van der Waals surface area (Å²) in [5, 5.41) is 18.3. The van der Waals surface area contributed by atoms with E-state index >= 15 is 0 Å². The van der Waals surface area contributed by atoms with Crippen molar-refractivity contribution in [2.45, 2.75) is 57.3 Å². The summed E-state index contributed by atoms with van der Waals surface area (Å²) in [4.78, 5) is 60.8. The highest BCUT2D eigenvalue weighted by atomic mass is 32.1. The maximum Gasteiger partial charge on any atom is 0.326 e. The van der Waals surface area contributed by atoms with Crippen molar-refractivity contribution in [3.8, 4) is 0 Å². The molecule has 210 valence electrons. The Morgan fingerprint density at radius 2 is 1.67 bits per heavy atom. The van der Waals surface area contributed by atoms with Crippen LogP contribution < -0.4 is 21.7 Å². The maximum atomic E-state index is 13.4. The predicted molar refractivity (Wildman–Crippen MR) is 149 cm³/mol. The number of amides is 3. The van der Waals surface area contributed by atoms with Crippen LogP contribution in [0.3, 0.4) is 0 Å². The van der Waals surface area contributed by atoms with Gasteiger partial charge in [-0.05, 0) is 17.5 Å². The van der Waals surface area contributed by atoms with Gasteiger partial charge in [0.05, 0.1) is 12.4 Å². The summed E-state index contributed by atoms with van der Waals surface area (Å²) in [6.45, 7) is 3.77. The van der Waals surface area contributed by atoms with Crippen LogP contribution in [0.15, 0.2) is 43.0 Å². The van der Waals surface area contributed by atoms with Crippen LogP contribution in [-0.2, 0) is 32.0 Å². The molecule has 0 fully saturated rings. The molecule has 0 saturated heterocycles. The van der Waals surface area contributed by atoms with Gasteiger partial charge in [-0.1, -0.05) is 38.5 Å². The molecule has 5 atom stereocenters. The number of hydrogen-bond acceptors (Lipinski definition) is 7. The number of aromatic nitrogens is 3. The number of benzene rings is 1. The number of aliphatic carboxylic acids is 1. The summed E-state index contributed by atoms with van der Waals surface area (Å²) in [5.41, 5.74) is 8.30. The van der Waals surface area contributed by atoms with Gasteiger partial charge in [0, 0.05) is 47.6 Å². The van der Waals surface area contributed by atoms with Gasteiger partial charge in [0.2, 0.25) is 17.7 Å². The molecule has 0 radical (unpaired) electrons. The second-order valence-electron chi connectivity index (χ2n) is 9.46. The van der Waals surface area contributed by atoms with Crippen LogP contribution in [0, 0.1) is 5.92 Å². The van der Waals surface area contributed by atoms with E-state index in [1.54, 1.807) is 6.20 Å². The predicted octanol–water partition coefficient (Wildman–Crippen LogP) is 0.518. The number of para-hydroxylation sites is 1. The number of H-pyrrole nitrogens is 2. The second kappa shape index (κ2) is 13.8. The van der Waals surface area contributed by atoms with Gasteiger partial charge >= 0.3 is 5.97 Å². The van der Waals surface area contributed by atoms with E-state index in [4.69, 9.17) is 5.73 Å². The lowest BCUT2D eigenvalue weighted by Gasteiger charge is -2.25. The highest BCUT2D eigenvalue weighted by Crippen LogP contribution is 2.19. The molecular weight excluding hydrogens is 522 g/mol. The summed E-state index contributed by atoms with van der Waals surface area (Å²) in [6, 6.07) is 3.26. The molecule has 12 nitrogen and oxygen atoms in total. The lowest BCUT2D eigenvalue weighted by Crippen LogP contribution is -2.58. The minimum atomic E-state index is -1.26. The first-order valence-corrected chi connectivity index (χ1v) is 13.3. The van der Waals surface area contributed by atoms with Crippen molar-refractivity contribution in [2.24, 2.45) is 11.7 Å². The molecule has 39 heavy (non-hydrogen) atoms. The summed E-state index contributed by atoms with van der Waals surface area (Å²) < 4.78 is 0. The van der Waals surface area contributed by atoms with Gasteiger partial charge in [0.25, 0.3) is 0 Å². The van der Waals surface area contributed by atoms with Crippen molar-refractivity contribution in [1.82, 2.24) is 30.9 Å². The van der Waals surface area contributed by atoms with Crippen LogP contribution in [0.5, 0.6) is 0 Å². The number of fused-ring (bicyclic) bond motifs is 1. The average molecular weight is 558 g/mol. The third-order valence-electron chi connectivity index (χ3n) is 6.70. The quantitative estimate of drug-likeness (QED) is 0.132.